The quantitative estimate of drug-likeness (QED) is 0.822. The molecule has 2 heterocycles. The summed E-state index contributed by atoms with van der Waals surface area (Å²) < 4.78 is 16.8. The molecule has 1 aliphatic heterocycles. The van der Waals surface area contributed by atoms with Crippen molar-refractivity contribution >= 4 is 0 Å². The number of nitrogens with one attached hydrogen (secondary N) is 1. The minimum absolute atomic E-state index is 0.562. The molecule has 106 valence electrons. The molecule has 1 saturated carbocycles. The first kappa shape index (κ1) is 13.2. The Kier molecular flexibility index (Phi) is 4.21. The van der Waals surface area contributed by atoms with E-state index in [2.05, 4.69) is 11.4 Å². The zero-order valence-electron chi connectivity index (χ0n) is 11.6. The molecule has 4 heteroatoms. The van der Waals surface area contributed by atoms with E-state index >= 15 is 0 Å². The number of rotatable bonds is 7. The van der Waals surface area contributed by atoms with Crippen LogP contribution in [0.15, 0.2) is 10.5 Å². The maximum Gasteiger partial charge on any atom is 0.130 e. The Bertz CT molecular complexity index is 406. The molecular weight excluding hydrogens is 242 g/mol. The van der Waals surface area contributed by atoms with Crippen LogP contribution in [0.4, 0.5) is 0 Å². The van der Waals surface area contributed by atoms with E-state index in [1.165, 1.54) is 18.4 Å². The molecule has 2 fully saturated rings. The molecule has 1 N–H and O–H groups in total. The van der Waals surface area contributed by atoms with Gasteiger partial charge in [0.25, 0.3) is 0 Å². The van der Waals surface area contributed by atoms with Gasteiger partial charge < -0.3 is 19.2 Å². The molecule has 0 bridgehead atoms. The Hall–Kier alpha value is -0.840. The number of ether oxygens (including phenoxy) is 2. The summed E-state index contributed by atoms with van der Waals surface area (Å²) in [6, 6.07) is 2.85. The van der Waals surface area contributed by atoms with Crippen molar-refractivity contribution in [2.24, 2.45) is 5.92 Å². The molecular formula is C15H23NO3. The van der Waals surface area contributed by atoms with Crippen molar-refractivity contribution in [1.29, 1.82) is 0 Å². The lowest BCUT2D eigenvalue weighted by Crippen LogP contribution is -2.15. The van der Waals surface area contributed by atoms with Gasteiger partial charge in [-0.25, -0.2) is 0 Å². The number of hydrogen-bond donors (Lipinski definition) is 1. The van der Waals surface area contributed by atoms with Gasteiger partial charge >= 0.3 is 0 Å². The standard InChI is InChI=1S/C15H23NO3/c1-11-13(7-16-14-2-3-14)6-15(19-11)10-18-9-12-4-5-17-8-12/h6,12,14,16H,2-5,7-10H2,1H3. The number of furan rings is 1. The van der Waals surface area contributed by atoms with Gasteiger partial charge in [-0.1, -0.05) is 0 Å². The second kappa shape index (κ2) is 6.07. The average molecular weight is 265 g/mol. The molecule has 0 aromatic carbocycles. The zero-order chi connectivity index (χ0) is 13.1. The predicted molar refractivity (Wildman–Crippen MR) is 71.9 cm³/mol. The van der Waals surface area contributed by atoms with Crippen LogP contribution in [0.2, 0.25) is 0 Å². The average Bonchev–Trinajstić information content (AvgIpc) is 2.95. The Balaban J connectivity index is 1.43. The van der Waals surface area contributed by atoms with Crippen LogP contribution < -0.4 is 5.32 Å². The summed E-state index contributed by atoms with van der Waals surface area (Å²) >= 11 is 0. The minimum atomic E-state index is 0.562. The van der Waals surface area contributed by atoms with Gasteiger partial charge in [0, 0.05) is 30.7 Å². The van der Waals surface area contributed by atoms with Crippen molar-refractivity contribution in [2.45, 2.75) is 45.4 Å². The van der Waals surface area contributed by atoms with Gasteiger partial charge in [0.15, 0.2) is 0 Å². The van der Waals surface area contributed by atoms with Crippen LogP contribution >= 0.6 is 0 Å². The van der Waals surface area contributed by atoms with Crippen LogP contribution in [0.1, 0.15) is 36.3 Å². The third kappa shape index (κ3) is 3.81. The van der Waals surface area contributed by atoms with E-state index in [0.717, 1.165) is 50.3 Å². The fraction of sp³-hybridized carbons (Fsp3) is 0.733. The van der Waals surface area contributed by atoms with Crippen LogP contribution in [0.25, 0.3) is 0 Å². The Morgan fingerprint density at radius 2 is 2.26 bits per heavy atom. The van der Waals surface area contributed by atoms with Crippen LogP contribution in [0.3, 0.4) is 0 Å². The highest BCUT2D eigenvalue weighted by molar-refractivity contribution is 5.20. The van der Waals surface area contributed by atoms with Crippen molar-refractivity contribution in [3.05, 3.63) is 23.2 Å². The Morgan fingerprint density at radius 3 is 3.00 bits per heavy atom. The van der Waals surface area contributed by atoms with Crippen molar-refractivity contribution < 1.29 is 13.9 Å². The third-order valence-electron chi connectivity index (χ3n) is 3.85. The molecule has 1 aliphatic carbocycles. The second-order valence-corrected chi connectivity index (χ2v) is 5.69. The summed E-state index contributed by atoms with van der Waals surface area (Å²) in [4.78, 5) is 0. The number of hydrogen-bond acceptors (Lipinski definition) is 4. The topological polar surface area (TPSA) is 43.6 Å². The Labute approximate surface area is 114 Å². The van der Waals surface area contributed by atoms with Crippen LogP contribution in [-0.2, 0) is 22.6 Å². The lowest BCUT2D eigenvalue weighted by atomic mass is 10.1. The summed E-state index contributed by atoms with van der Waals surface area (Å²) in [5.74, 6) is 2.51. The molecule has 4 nitrogen and oxygen atoms in total. The Morgan fingerprint density at radius 1 is 1.37 bits per heavy atom. The van der Waals surface area contributed by atoms with Gasteiger partial charge in [-0.05, 0) is 32.3 Å². The minimum Gasteiger partial charge on any atom is -0.464 e. The summed E-state index contributed by atoms with van der Waals surface area (Å²) in [5, 5.41) is 3.51. The van der Waals surface area contributed by atoms with Crippen molar-refractivity contribution in [3.8, 4) is 0 Å². The van der Waals surface area contributed by atoms with Crippen LogP contribution in [-0.4, -0.2) is 25.9 Å². The van der Waals surface area contributed by atoms with Gasteiger partial charge in [-0.2, -0.15) is 0 Å². The van der Waals surface area contributed by atoms with E-state index in [-0.39, 0.29) is 0 Å². The second-order valence-electron chi connectivity index (χ2n) is 5.69. The summed E-state index contributed by atoms with van der Waals surface area (Å²) in [6.07, 6.45) is 3.75. The molecule has 19 heavy (non-hydrogen) atoms. The highest BCUT2D eigenvalue weighted by Crippen LogP contribution is 2.21. The zero-order valence-corrected chi connectivity index (χ0v) is 11.6. The van der Waals surface area contributed by atoms with Crippen LogP contribution in [0.5, 0.6) is 0 Å². The van der Waals surface area contributed by atoms with E-state index in [0.29, 0.717) is 12.5 Å². The SMILES string of the molecule is Cc1oc(COCC2CCOC2)cc1CNC1CC1. The van der Waals surface area contributed by atoms with E-state index in [9.17, 15) is 0 Å². The summed E-state index contributed by atoms with van der Waals surface area (Å²) in [5.41, 5.74) is 1.26. The number of aryl methyl sites for hydroxylation is 1. The predicted octanol–water partition coefficient (Wildman–Crippen LogP) is 2.39. The fourth-order valence-electron chi connectivity index (χ4n) is 2.42. The summed E-state index contributed by atoms with van der Waals surface area (Å²) in [7, 11) is 0. The molecule has 3 rings (SSSR count). The molecule has 1 saturated heterocycles. The maximum atomic E-state index is 5.74. The molecule has 1 atom stereocenters. The first-order valence-corrected chi connectivity index (χ1v) is 7.28. The normalized spacial score (nSPS) is 23.1. The van der Waals surface area contributed by atoms with E-state index in [1.807, 2.05) is 6.92 Å². The lowest BCUT2D eigenvalue weighted by Gasteiger charge is -2.06. The molecule has 1 aromatic rings. The van der Waals surface area contributed by atoms with Crippen LogP contribution in [0, 0.1) is 12.8 Å². The van der Waals surface area contributed by atoms with E-state index < -0.39 is 0 Å². The first-order valence-electron chi connectivity index (χ1n) is 7.28. The van der Waals surface area contributed by atoms with Gasteiger partial charge in [0.1, 0.15) is 18.1 Å². The molecule has 0 spiro atoms. The fourth-order valence-corrected chi connectivity index (χ4v) is 2.42. The maximum absolute atomic E-state index is 5.74. The van der Waals surface area contributed by atoms with E-state index in [4.69, 9.17) is 13.9 Å². The first-order chi connectivity index (χ1) is 9.31. The third-order valence-corrected chi connectivity index (χ3v) is 3.85. The van der Waals surface area contributed by atoms with E-state index in [1.54, 1.807) is 0 Å². The molecule has 1 aromatic heterocycles. The lowest BCUT2D eigenvalue weighted by molar-refractivity contribution is 0.0687. The van der Waals surface area contributed by atoms with Crippen molar-refractivity contribution in [3.63, 3.8) is 0 Å². The van der Waals surface area contributed by atoms with Gasteiger partial charge in [0.2, 0.25) is 0 Å². The van der Waals surface area contributed by atoms with Crippen molar-refractivity contribution in [2.75, 3.05) is 19.8 Å². The highest BCUT2D eigenvalue weighted by Gasteiger charge is 2.21. The largest absolute Gasteiger partial charge is 0.464 e. The monoisotopic (exact) mass is 265 g/mol. The summed E-state index contributed by atoms with van der Waals surface area (Å²) in [6.45, 7) is 6.00. The molecule has 1 unspecified atom stereocenters. The van der Waals surface area contributed by atoms with Gasteiger partial charge in [0.05, 0.1) is 13.2 Å². The van der Waals surface area contributed by atoms with Crippen molar-refractivity contribution in [1.82, 2.24) is 5.32 Å². The molecule has 2 aliphatic rings. The smallest absolute Gasteiger partial charge is 0.130 e. The molecule has 0 amide bonds. The highest BCUT2D eigenvalue weighted by atomic mass is 16.5. The van der Waals surface area contributed by atoms with Gasteiger partial charge in [-0.15, -0.1) is 0 Å². The van der Waals surface area contributed by atoms with Gasteiger partial charge in [-0.3, -0.25) is 0 Å². The molecule has 0 radical (unpaired) electrons.